The average Bonchev–Trinajstić information content (AvgIpc) is 2.33. The Bertz CT molecular complexity index is 479. The van der Waals surface area contributed by atoms with E-state index in [1.54, 1.807) is 18.6 Å². The summed E-state index contributed by atoms with van der Waals surface area (Å²) in [7, 11) is 0. The van der Waals surface area contributed by atoms with Crippen molar-refractivity contribution in [2.24, 2.45) is 5.73 Å². The van der Waals surface area contributed by atoms with Gasteiger partial charge in [0.25, 0.3) is 0 Å². The van der Waals surface area contributed by atoms with Crippen molar-refractivity contribution in [1.82, 2.24) is 15.0 Å². The molecule has 1 atom stereocenters. The Morgan fingerprint density at radius 2 is 1.82 bits per heavy atom. The van der Waals surface area contributed by atoms with Crippen molar-refractivity contribution < 1.29 is 0 Å². The van der Waals surface area contributed by atoms with Gasteiger partial charge in [0.15, 0.2) is 5.16 Å². The van der Waals surface area contributed by atoms with Crippen molar-refractivity contribution in [3.05, 3.63) is 42.0 Å². The van der Waals surface area contributed by atoms with Gasteiger partial charge >= 0.3 is 0 Å². The number of rotatable bonds is 3. The SMILES string of the molecule is Cc1cnc(Sc2ccc([C@@H](C)N)nc2)nc1. The van der Waals surface area contributed by atoms with Crippen LogP contribution in [0.4, 0.5) is 0 Å². The van der Waals surface area contributed by atoms with Crippen LogP contribution in [0.15, 0.2) is 40.8 Å². The Labute approximate surface area is 105 Å². The molecule has 0 saturated heterocycles. The van der Waals surface area contributed by atoms with Gasteiger partial charge in [-0.15, -0.1) is 0 Å². The van der Waals surface area contributed by atoms with E-state index in [0.29, 0.717) is 0 Å². The van der Waals surface area contributed by atoms with E-state index in [2.05, 4.69) is 15.0 Å². The number of aromatic nitrogens is 3. The quantitative estimate of drug-likeness (QED) is 0.842. The Kier molecular flexibility index (Phi) is 3.71. The van der Waals surface area contributed by atoms with Gasteiger partial charge in [-0.2, -0.15) is 0 Å². The Hall–Kier alpha value is -1.46. The minimum absolute atomic E-state index is 0.0373. The molecule has 0 aliphatic carbocycles. The third-order valence-corrected chi connectivity index (χ3v) is 3.06. The maximum atomic E-state index is 5.74. The largest absolute Gasteiger partial charge is 0.323 e. The van der Waals surface area contributed by atoms with E-state index in [1.165, 1.54) is 11.8 Å². The molecule has 0 aliphatic rings. The number of pyridine rings is 1. The lowest BCUT2D eigenvalue weighted by Gasteiger charge is -2.05. The smallest absolute Gasteiger partial charge is 0.192 e. The molecule has 17 heavy (non-hydrogen) atoms. The van der Waals surface area contributed by atoms with E-state index >= 15 is 0 Å². The summed E-state index contributed by atoms with van der Waals surface area (Å²) in [5, 5.41) is 0.728. The van der Waals surface area contributed by atoms with Crippen LogP contribution in [0.1, 0.15) is 24.2 Å². The number of aryl methyl sites for hydroxylation is 1. The molecule has 0 spiro atoms. The molecule has 5 heteroatoms. The maximum Gasteiger partial charge on any atom is 0.192 e. The van der Waals surface area contributed by atoms with Crippen LogP contribution in [0.2, 0.25) is 0 Å². The molecular weight excluding hydrogens is 232 g/mol. The first-order chi connectivity index (χ1) is 8.15. The molecule has 0 amide bonds. The van der Waals surface area contributed by atoms with Crippen molar-refractivity contribution in [2.75, 3.05) is 0 Å². The van der Waals surface area contributed by atoms with Gasteiger partial charge < -0.3 is 5.73 Å². The fraction of sp³-hybridized carbons (Fsp3) is 0.250. The zero-order valence-electron chi connectivity index (χ0n) is 9.79. The molecule has 2 heterocycles. The second kappa shape index (κ2) is 5.25. The van der Waals surface area contributed by atoms with Crippen LogP contribution < -0.4 is 5.73 Å². The summed E-state index contributed by atoms with van der Waals surface area (Å²) in [6.07, 6.45) is 5.41. The number of hydrogen-bond donors (Lipinski definition) is 1. The molecule has 88 valence electrons. The van der Waals surface area contributed by atoms with Gasteiger partial charge in [0.05, 0.1) is 5.69 Å². The van der Waals surface area contributed by atoms with Crippen LogP contribution in [0.25, 0.3) is 0 Å². The summed E-state index contributed by atoms with van der Waals surface area (Å²) in [6, 6.07) is 3.88. The fourth-order valence-electron chi connectivity index (χ4n) is 1.26. The predicted octanol–water partition coefficient (Wildman–Crippen LogP) is 2.35. The van der Waals surface area contributed by atoms with Gasteiger partial charge in [0.1, 0.15) is 0 Å². The standard InChI is InChI=1S/C12H14N4S/c1-8-5-15-12(16-6-8)17-10-3-4-11(9(2)13)14-7-10/h3-7,9H,13H2,1-2H3/t9-/m1/s1. The van der Waals surface area contributed by atoms with E-state index in [1.807, 2.05) is 26.0 Å². The first-order valence-corrected chi connectivity index (χ1v) is 6.15. The molecule has 0 unspecified atom stereocenters. The highest BCUT2D eigenvalue weighted by Crippen LogP contribution is 2.23. The molecule has 0 bridgehead atoms. The van der Waals surface area contributed by atoms with Crippen LogP contribution in [0.5, 0.6) is 0 Å². The summed E-state index contributed by atoms with van der Waals surface area (Å²) >= 11 is 1.49. The zero-order valence-corrected chi connectivity index (χ0v) is 10.6. The highest BCUT2D eigenvalue weighted by atomic mass is 32.2. The van der Waals surface area contributed by atoms with Gasteiger partial charge in [0, 0.05) is 29.5 Å². The molecule has 0 saturated carbocycles. The third-order valence-electron chi connectivity index (χ3n) is 2.19. The number of nitrogens with two attached hydrogens (primary N) is 1. The van der Waals surface area contributed by atoms with Gasteiger partial charge in [-0.1, -0.05) is 0 Å². The van der Waals surface area contributed by atoms with Crippen LogP contribution in [0.3, 0.4) is 0 Å². The van der Waals surface area contributed by atoms with Crippen molar-refractivity contribution in [3.8, 4) is 0 Å². The molecule has 0 radical (unpaired) electrons. The second-order valence-corrected chi connectivity index (χ2v) is 4.89. The molecule has 0 aromatic carbocycles. The van der Waals surface area contributed by atoms with E-state index in [0.717, 1.165) is 21.3 Å². The molecular formula is C12H14N4S. The number of hydrogen-bond acceptors (Lipinski definition) is 5. The normalized spacial score (nSPS) is 12.4. The molecule has 2 N–H and O–H groups in total. The lowest BCUT2D eigenvalue weighted by molar-refractivity contribution is 0.777. The van der Waals surface area contributed by atoms with Crippen LogP contribution in [-0.4, -0.2) is 15.0 Å². The summed E-state index contributed by atoms with van der Waals surface area (Å²) in [5.74, 6) is 0. The number of nitrogens with zero attached hydrogens (tertiary/aromatic N) is 3. The minimum atomic E-state index is -0.0373. The lowest BCUT2D eigenvalue weighted by atomic mass is 10.2. The highest BCUT2D eigenvalue weighted by molar-refractivity contribution is 7.99. The van der Waals surface area contributed by atoms with E-state index in [4.69, 9.17) is 5.73 Å². The van der Waals surface area contributed by atoms with E-state index in [-0.39, 0.29) is 6.04 Å². The average molecular weight is 246 g/mol. The monoisotopic (exact) mass is 246 g/mol. The second-order valence-electron chi connectivity index (χ2n) is 3.85. The van der Waals surface area contributed by atoms with Crippen molar-refractivity contribution in [1.29, 1.82) is 0 Å². The topological polar surface area (TPSA) is 64.7 Å². The Morgan fingerprint density at radius 3 is 2.35 bits per heavy atom. The van der Waals surface area contributed by atoms with Gasteiger partial charge in [-0.05, 0) is 43.3 Å². The van der Waals surface area contributed by atoms with Crippen LogP contribution in [0, 0.1) is 6.92 Å². The summed E-state index contributed by atoms with van der Waals surface area (Å²) in [6.45, 7) is 3.88. The van der Waals surface area contributed by atoms with Crippen molar-refractivity contribution in [2.45, 2.75) is 29.9 Å². The van der Waals surface area contributed by atoms with Crippen LogP contribution >= 0.6 is 11.8 Å². The first-order valence-electron chi connectivity index (χ1n) is 5.33. The first kappa shape index (κ1) is 12.0. The Morgan fingerprint density at radius 1 is 1.12 bits per heavy atom. The van der Waals surface area contributed by atoms with Gasteiger partial charge in [-0.3, -0.25) is 4.98 Å². The summed E-state index contributed by atoms with van der Waals surface area (Å²) in [4.78, 5) is 13.8. The van der Waals surface area contributed by atoms with E-state index in [9.17, 15) is 0 Å². The fourth-order valence-corrected chi connectivity index (χ4v) is 1.92. The predicted molar refractivity (Wildman–Crippen MR) is 67.7 cm³/mol. The van der Waals surface area contributed by atoms with Crippen molar-refractivity contribution >= 4 is 11.8 Å². The van der Waals surface area contributed by atoms with Crippen LogP contribution in [-0.2, 0) is 0 Å². The molecule has 0 fully saturated rings. The van der Waals surface area contributed by atoms with Crippen molar-refractivity contribution in [3.63, 3.8) is 0 Å². The molecule has 0 aliphatic heterocycles. The third kappa shape index (κ3) is 3.25. The van der Waals surface area contributed by atoms with Gasteiger partial charge in [0.2, 0.25) is 0 Å². The lowest BCUT2D eigenvalue weighted by Crippen LogP contribution is -2.06. The molecule has 2 aromatic rings. The minimum Gasteiger partial charge on any atom is -0.323 e. The summed E-state index contributed by atoms with van der Waals surface area (Å²) < 4.78 is 0. The highest BCUT2D eigenvalue weighted by Gasteiger charge is 2.03. The summed E-state index contributed by atoms with van der Waals surface area (Å²) in [5.41, 5.74) is 7.68. The molecule has 2 aromatic heterocycles. The van der Waals surface area contributed by atoms with E-state index < -0.39 is 0 Å². The van der Waals surface area contributed by atoms with Gasteiger partial charge in [-0.25, -0.2) is 9.97 Å². The zero-order chi connectivity index (χ0) is 12.3. The molecule has 2 rings (SSSR count). The Balaban J connectivity index is 2.11. The maximum absolute atomic E-state index is 5.74. The molecule has 4 nitrogen and oxygen atoms in total.